The Bertz CT molecular complexity index is 701. The van der Waals surface area contributed by atoms with Crippen molar-refractivity contribution < 1.29 is 69.3 Å². The van der Waals surface area contributed by atoms with Crippen LogP contribution < -0.4 is 5.32 Å². The first kappa shape index (κ1) is 28.5. The van der Waals surface area contributed by atoms with Crippen LogP contribution in [0.4, 0.5) is 0 Å². The molecule has 35 heavy (non-hydrogen) atoms. The summed E-state index contributed by atoms with van der Waals surface area (Å²) in [5.41, 5.74) is 0. The van der Waals surface area contributed by atoms with Crippen LogP contribution in [0.3, 0.4) is 0 Å². The molecule has 15 heteroatoms. The fourth-order valence-electron chi connectivity index (χ4n) is 4.34. The molecule has 204 valence electrons. The molecule has 1 unspecified atom stereocenters. The van der Waals surface area contributed by atoms with Crippen LogP contribution in [0.15, 0.2) is 0 Å². The van der Waals surface area contributed by atoms with Crippen molar-refractivity contribution in [3.63, 3.8) is 0 Å². The third-order valence-electron chi connectivity index (χ3n) is 6.42. The fourth-order valence-corrected chi connectivity index (χ4v) is 4.34. The minimum atomic E-state index is -1.76. The molecule has 3 aliphatic rings. The van der Waals surface area contributed by atoms with Crippen LogP contribution in [0, 0.1) is 0 Å². The predicted octanol–water partition coefficient (Wildman–Crippen LogP) is -5.37. The zero-order chi connectivity index (χ0) is 26.2. The summed E-state index contributed by atoms with van der Waals surface area (Å²) >= 11 is 0. The Morgan fingerprint density at radius 1 is 0.743 bits per heavy atom. The topological polar surface area (TPSA) is 237 Å². The number of aliphatic hydroxyl groups excluding tert-OH is 8. The lowest BCUT2D eigenvalue weighted by Crippen LogP contribution is -2.68. The molecule has 3 saturated heterocycles. The van der Waals surface area contributed by atoms with Gasteiger partial charge in [0.25, 0.3) is 0 Å². The zero-order valence-corrected chi connectivity index (χ0v) is 19.4. The van der Waals surface area contributed by atoms with Gasteiger partial charge in [0.1, 0.15) is 61.0 Å². The van der Waals surface area contributed by atoms with Crippen LogP contribution in [0.1, 0.15) is 20.8 Å². The molecule has 0 radical (unpaired) electrons. The quantitative estimate of drug-likeness (QED) is 0.161. The number of hydrogen-bond acceptors (Lipinski definition) is 14. The number of nitrogens with one attached hydrogen (secondary N) is 1. The van der Waals surface area contributed by atoms with Gasteiger partial charge in [-0.2, -0.15) is 0 Å². The first-order chi connectivity index (χ1) is 16.4. The van der Waals surface area contributed by atoms with Crippen LogP contribution in [0.5, 0.6) is 0 Å². The molecular weight excluding hydrogens is 478 g/mol. The highest BCUT2D eigenvalue weighted by Crippen LogP contribution is 2.32. The number of carbonyl (C=O) groups is 1. The molecule has 0 aromatic heterocycles. The number of hydrogen-bond donors (Lipinski definition) is 9. The van der Waals surface area contributed by atoms with Gasteiger partial charge in [-0.05, 0) is 13.8 Å². The maximum atomic E-state index is 11.6. The molecule has 1 amide bonds. The van der Waals surface area contributed by atoms with E-state index in [-0.39, 0.29) is 0 Å². The van der Waals surface area contributed by atoms with Crippen molar-refractivity contribution >= 4 is 5.91 Å². The van der Waals surface area contributed by atoms with Crippen LogP contribution >= 0.6 is 0 Å². The number of ether oxygens (including phenoxy) is 5. The summed E-state index contributed by atoms with van der Waals surface area (Å²) in [5, 5.41) is 84.4. The zero-order valence-electron chi connectivity index (χ0n) is 19.4. The van der Waals surface area contributed by atoms with Gasteiger partial charge in [0, 0.05) is 6.92 Å². The van der Waals surface area contributed by atoms with Gasteiger partial charge in [-0.3, -0.25) is 4.79 Å². The van der Waals surface area contributed by atoms with Gasteiger partial charge in [0.15, 0.2) is 18.9 Å². The van der Waals surface area contributed by atoms with E-state index in [0.717, 1.165) is 6.92 Å². The molecule has 3 aliphatic heterocycles. The van der Waals surface area contributed by atoms with Crippen molar-refractivity contribution in [3.8, 4) is 0 Å². The van der Waals surface area contributed by atoms with Crippen molar-refractivity contribution in [3.05, 3.63) is 0 Å². The standard InChI is InChI=1S/C20H35NO14/c1-5-10(24)16(14(28)18(30)31-5)35-20-15(29)17(11(25)6(2)32-20)34-19-9(21-7(3)23)13(27)12(26)8(4-22)33-19/h5-6,8-20,22,24-30H,4H2,1-3H3,(H,21,23)/t5-,6-,8+,9+,10-,11-,12+,13+,14+,15+,16+,17+,18?,19-,20-/m0/s1. The van der Waals surface area contributed by atoms with E-state index in [2.05, 4.69) is 5.32 Å². The Kier molecular flexibility index (Phi) is 9.42. The molecule has 0 aromatic rings. The Hall–Kier alpha value is -1.05. The number of aliphatic hydroxyl groups is 8. The van der Waals surface area contributed by atoms with E-state index in [1.54, 1.807) is 0 Å². The molecule has 0 aromatic carbocycles. The number of carbonyl (C=O) groups excluding carboxylic acids is 1. The van der Waals surface area contributed by atoms with Crippen LogP contribution in [-0.2, 0) is 28.5 Å². The summed E-state index contributed by atoms with van der Waals surface area (Å²) in [6.45, 7) is 3.32. The van der Waals surface area contributed by atoms with E-state index in [1.165, 1.54) is 13.8 Å². The van der Waals surface area contributed by atoms with E-state index in [9.17, 15) is 45.6 Å². The molecule has 9 N–H and O–H groups in total. The molecule has 0 spiro atoms. The van der Waals surface area contributed by atoms with Gasteiger partial charge >= 0.3 is 0 Å². The van der Waals surface area contributed by atoms with E-state index in [1.807, 2.05) is 0 Å². The minimum absolute atomic E-state index is 0.598. The maximum Gasteiger partial charge on any atom is 0.217 e. The van der Waals surface area contributed by atoms with Crippen molar-refractivity contribution in [1.29, 1.82) is 0 Å². The first-order valence-corrected chi connectivity index (χ1v) is 11.3. The molecule has 0 bridgehead atoms. The van der Waals surface area contributed by atoms with Gasteiger partial charge in [0.2, 0.25) is 5.91 Å². The second kappa shape index (κ2) is 11.6. The monoisotopic (exact) mass is 513 g/mol. The Balaban J connectivity index is 1.80. The Morgan fingerprint density at radius 2 is 1.29 bits per heavy atom. The van der Waals surface area contributed by atoms with Gasteiger partial charge < -0.3 is 69.9 Å². The van der Waals surface area contributed by atoms with Crippen LogP contribution in [0.25, 0.3) is 0 Å². The Labute approximate surface area is 200 Å². The lowest BCUT2D eigenvalue weighted by molar-refractivity contribution is -0.368. The smallest absolute Gasteiger partial charge is 0.217 e. The van der Waals surface area contributed by atoms with Crippen molar-refractivity contribution in [2.45, 2.75) is 113 Å². The molecular formula is C20H35NO14. The summed E-state index contributed by atoms with van der Waals surface area (Å²) in [6, 6.07) is -1.34. The van der Waals surface area contributed by atoms with E-state index in [4.69, 9.17) is 23.7 Å². The summed E-state index contributed by atoms with van der Waals surface area (Å²) < 4.78 is 27.3. The second-order valence-corrected chi connectivity index (χ2v) is 9.04. The SMILES string of the molecule is CC(=O)N[C@H]1[C@H](O[C@@H]2[C@@H](O)[C@H](C)O[C@@H](O[C@@H]3[C@@H](O)[C@H](C)OC(O)[C@@H]3O)[C@@H]2O)O[C@H](CO)[C@@H](O)[C@@H]1O. The van der Waals surface area contributed by atoms with E-state index in [0.29, 0.717) is 0 Å². The first-order valence-electron chi connectivity index (χ1n) is 11.3. The summed E-state index contributed by atoms with van der Waals surface area (Å²) in [4.78, 5) is 11.6. The van der Waals surface area contributed by atoms with E-state index < -0.39 is 105 Å². The van der Waals surface area contributed by atoms with Crippen molar-refractivity contribution in [1.82, 2.24) is 5.32 Å². The molecule has 0 aliphatic carbocycles. The highest BCUT2D eigenvalue weighted by molar-refractivity contribution is 5.73. The number of rotatable bonds is 6. The van der Waals surface area contributed by atoms with Gasteiger partial charge in [-0.25, -0.2) is 0 Å². The molecule has 15 atom stereocenters. The summed E-state index contributed by atoms with van der Waals surface area (Å²) in [7, 11) is 0. The average molecular weight is 513 g/mol. The number of amides is 1. The molecule has 3 rings (SSSR count). The van der Waals surface area contributed by atoms with Crippen LogP contribution in [-0.4, -0.2) is 145 Å². The highest BCUT2D eigenvalue weighted by Gasteiger charge is 2.52. The van der Waals surface area contributed by atoms with E-state index >= 15 is 0 Å². The third kappa shape index (κ3) is 5.93. The predicted molar refractivity (Wildman–Crippen MR) is 110 cm³/mol. The lowest BCUT2D eigenvalue weighted by Gasteiger charge is -2.48. The van der Waals surface area contributed by atoms with Gasteiger partial charge in [0.05, 0.1) is 18.8 Å². The molecule has 0 saturated carbocycles. The van der Waals surface area contributed by atoms with Crippen molar-refractivity contribution in [2.75, 3.05) is 6.61 Å². The molecule has 15 nitrogen and oxygen atoms in total. The minimum Gasteiger partial charge on any atom is -0.394 e. The Morgan fingerprint density at radius 3 is 1.86 bits per heavy atom. The average Bonchev–Trinajstić information content (AvgIpc) is 2.80. The lowest BCUT2D eigenvalue weighted by atomic mass is 9.95. The largest absolute Gasteiger partial charge is 0.394 e. The second-order valence-electron chi connectivity index (χ2n) is 9.04. The maximum absolute atomic E-state index is 11.6. The highest BCUT2D eigenvalue weighted by atomic mass is 16.7. The molecule has 3 fully saturated rings. The van der Waals surface area contributed by atoms with Gasteiger partial charge in [-0.15, -0.1) is 0 Å². The third-order valence-corrected chi connectivity index (χ3v) is 6.42. The summed E-state index contributed by atoms with van der Waals surface area (Å²) in [5.74, 6) is -0.598. The fraction of sp³-hybridized carbons (Fsp3) is 0.950. The molecule has 3 heterocycles. The van der Waals surface area contributed by atoms with Gasteiger partial charge in [-0.1, -0.05) is 0 Å². The van der Waals surface area contributed by atoms with Crippen LogP contribution in [0.2, 0.25) is 0 Å². The van der Waals surface area contributed by atoms with Crippen molar-refractivity contribution in [2.24, 2.45) is 0 Å². The summed E-state index contributed by atoms with van der Waals surface area (Å²) in [6.07, 6.45) is -20.5. The normalized spacial score (nSPS) is 51.1.